The molecule has 0 aliphatic carbocycles. The van der Waals surface area contributed by atoms with Crippen molar-refractivity contribution in [2.24, 2.45) is 0 Å². The Morgan fingerprint density at radius 2 is 1.75 bits per heavy atom. The van der Waals surface area contributed by atoms with Crippen LogP contribution in [0.2, 0.25) is 0 Å². The molecule has 2 aromatic carbocycles. The van der Waals surface area contributed by atoms with E-state index < -0.39 is 5.97 Å². The number of fused-ring (bicyclic) bond motifs is 1. The molecule has 2 aromatic heterocycles. The Morgan fingerprint density at radius 3 is 2.46 bits per heavy atom. The summed E-state index contributed by atoms with van der Waals surface area (Å²) in [5.41, 5.74) is 3.65. The van der Waals surface area contributed by atoms with Crippen LogP contribution in [0, 0.1) is 0 Å². The fourth-order valence-corrected chi connectivity index (χ4v) is 3.32. The lowest BCUT2D eigenvalue weighted by molar-refractivity contribution is 0.0699. The summed E-state index contributed by atoms with van der Waals surface area (Å²) < 4.78 is 6.01. The van der Waals surface area contributed by atoms with Gasteiger partial charge < -0.3 is 9.52 Å². The van der Waals surface area contributed by atoms with Crippen molar-refractivity contribution in [1.82, 2.24) is 4.98 Å². The molecule has 0 aliphatic heterocycles. The molecule has 0 saturated carbocycles. The molecule has 28 heavy (non-hydrogen) atoms. The van der Waals surface area contributed by atoms with Gasteiger partial charge in [0, 0.05) is 10.9 Å². The highest BCUT2D eigenvalue weighted by atomic mass is 16.4. The molecule has 4 aromatic rings. The first-order chi connectivity index (χ1) is 13.6. The van der Waals surface area contributed by atoms with Crippen LogP contribution in [0.15, 0.2) is 71.1 Å². The molecule has 4 heteroatoms. The minimum atomic E-state index is -0.979. The van der Waals surface area contributed by atoms with Gasteiger partial charge in [0.25, 0.3) is 0 Å². The van der Waals surface area contributed by atoms with E-state index in [9.17, 15) is 9.90 Å². The second-order valence-electron chi connectivity index (χ2n) is 6.97. The number of carboxylic acid groups (broad SMARTS) is 1. The maximum atomic E-state index is 11.7. The smallest absolute Gasteiger partial charge is 0.336 e. The van der Waals surface area contributed by atoms with E-state index in [1.54, 1.807) is 12.1 Å². The van der Waals surface area contributed by atoms with Gasteiger partial charge in [-0.25, -0.2) is 9.78 Å². The molecule has 0 fully saturated rings. The Bertz CT molecular complexity index is 1140. The second kappa shape index (κ2) is 7.31. The highest BCUT2D eigenvalue weighted by molar-refractivity contribution is 6.03. The molecule has 0 spiro atoms. The number of rotatable bonds is 5. The Labute approximate surface area is 163 Å². The first-order valence-corrected chi connectivity index (χ1v) is 9.40. The second-order valence-corrected chi connectivity index (χ2v) is 6.97. The lowest BCUT2D eigenvalue weighted by Crippen LogP contribution is -1.99. The number of hydrogen-bond donors (Lipinski definition) is 1. The fourth-order valence-electron chi connectivity index (χ4n) is 3.32. The number of hydrogen-bond acceptors (Lipinski definition) is 3. The van der Waals surface area contributed by atoms with Crippen LogP contribution in [0.4, 0.5) is 0 Å². The molecule has 0 amide bonds. The van der Waals surface area contributed by atoms with Crippen molar-refractivity contribution in [2.75, 3.05) is 0 Å². The van der Waals surface area contributed by atoms with E-state index in [0.717, 1.165) is 17.7 Å². The van der Waals surface area contributed by atoms with Crippen molar-refractivity contribution >= 4 is 16.9 Å². The maximum Gasteiger partial charge on any atom is 0.336 e. The van der Waals surface area contributed by atoms with E-state index in [4.69, 9.17) is 4.42 Å². The van der Waals surface area contributed by atoms with Gasteiger partial charge in [0.1, 0.15) is 11.5 Å². The summed E-state index contributed by atoms with van der Waals surface area (Å²) in [6.45, 7) is 4.39. The minimum Gasteiger partial charge on any atom is -0.478 e. The number of para-hydroxylation sites is 1. The SMILES string of the molecule is CCC(C)c1ccc(-c2ccc(-c3cc(C(=O)O)c4ccccc4n3)o2)cc1. The third kappa shape index (κ3) is 3.29. The first kappa shape index (κ1) is 18.0. The van der Waals surface area contributed by atoms with Crippen molar-refractivity contribution in [3.05, 3.63) is 77.9 Å². The topological polar surface area (TPSA) is 63.3 Å². The van der Waals surface area contributed by atoms with Gasteiger partial charge in [-0.15, -0.1) is 0 Å². The predicted molar refractivity (Wildman–Crippen MR) is 111 cm³/mol. The number of carboxylic acids is 1. The Hall–Kier alpha value is -3.40. The molecule has 2 heterocycles. The van der Waals surface area contributed by atoms with Crippen LogP contribution in [0.3, 0.4) is 0 Å². The molecule has 0 saturated heterocycles. The van der Waals surface area contributed by atoms with Gasteiger partial charge in [0.15, 0.2) is 5.76 Å². The predicted octanol–water partition coefficient (Wildman–Crippen LogP) is 6.37. The summed E-state index contributed by atoms with van der Waals surface area (Å²) >= 11 is 0. The molecule has 0 bridgehead atoms. The van der Waals surface area contributed by atoms with Crippen molar-refractivity contribution in [3.63, 3.8) is 0 Å². The molecule has 4 rings (SSSR count). The summed E-state index contributed by atoms with van der Waals surface area (Å²) in [7, 11) is 0. The standard InChI is InChI=1S/C24H21NO3/c1-3-15(2)16-8-10-17(11-9-16)22-12-13-23(28-22)21-14-19(24(26)27)18-6-4-5-7-20(18)25-21/h4-15H,3H2,1-2H3,(H,26,27). The summed E-state index contributed by atoms with van der Waals surface area (Å²) in [5.74, 6) is 0.830. The Morgan fingerprint density at radius 1 is 1.04 bits per heavy atom. The van der Waals surface area contributed by atoms with Crippen LogP contribution < -0.4 is 0 Å². The van der Waals surface area contributed by atoms with Gasteiger partial charge in [-0.3, -0.25) is 0 Å². The average Bonchev–Trinajstić information content (AvgIpc) is 3.22. The number of pyridine rings is 1. The van der Waals surface area contributed by atoms with Crippen molar-refractivity contribution in [1.29, 1.82) is 0 Å². The first-order valence-electron chi connectivity index (χ1n) is 9.40. The maximum absolute atomic E-state index is 11.7. The van der Waals surface area contributed by atoms with E-state index >= 15 is 0 Å². The highest BCUT2D eigenvalue weighted by Gasteiger charge is 2.15. The number of carbonyl (C=O) groups is 1. The molecule has 1 unspecified atom stereocenters. The van der Waals surface area contributed by atoms with Crippen LogP contribution >= 0.6 is 0 Å². The Balaban J connectivity index is 1.72. The number of furan rings is 1. The molecule has 0 aliphatic rings. The van der Waals surface area contributed by atoms with Gasteiger partial charge in [0.2, 0.25) is 0 Å². The third-order valence-corrected chi connectivity index (χ3v) is 5.18. The van der Waals surface area contributed by atoms with E-state index in [1.165, 1.54) is 5.56 Å². The van der Waals surface area contributed by atoms with Crippen molar-refractivity contribution in [2.45, 2.75) is 26.2 Å². The molecule has 140 valence electrons. The van der Waals surface area contributed by atoms with Gasteiger partial charge >= 0.3 is 5.97 Å². The van der Waals surface area contributed by atoms with Crippen molar-refractivity contribution in [3.8, 4) is 22.8 Å². The van der Waals surface area contributed by atoms with Crippen LogP contribution in [0.25, 0.3) is 33.7 Å². The van der Waals surface area contributed by atoms with Gasteiger partial charge in [0.05, 0.1) is 11.1 Å². The van der Waals surface area contributed by atoms with Gasteiger partial charge in [-0.05, 0) is 42.2 Å². The summed E-state index contributed by atoms with van der Waals surface area (Å²) in [4.78, 5) is 16.3. The molecule has 1 atom stereocenters. The average molecular weight is 371 g/mol. The lowest BCUT2D eigenvalue weighted by Gasteiger charge is -2.09. The minimum absolute atomic E-state index is 0.219. The van der Waals surface area contributed by atoms with Gasteiger partial charge in [-0.1, -0.05) is 56.3 Å². The summed E-state index contributed by atoms with van der Waals surface area (Å²) in [6.07, 6.45) is 1.10. The van der Waals surface area contributed by atoms with E-state index in [1.807, 2.05) is 30.3 Å². The largest absolute Gasteiger partial charge is 0.478 e. The molecular formula is C24H21NO3. The van der Waals surface area contributed by atoms with Gasteiger partial charge in [-0.2, -0.15) is 0 Å². The fraction of sp³-hybridized carbons (Fsp3) is 0.167. The number of aromatic carboxylic acids is 1. The number of aromatic nitrogens is 1. The zero-order chi connectivity index (χ0) is 19.7. The monoisotopic (exact) mass is 371 g/mol. The zero-order valence-corrected chi connectivity index (χ0v) is 15.8. The summed E-state index contributed by atoms with van der Waals surface area (Å²) in [5, 5.41) is 10.2. The van der Waals surface area contributed by atoms with Crippen molar-refractivity contribution < 1.29 is 14.3 Å². The third-order valence-electron chi connectivity index (χ3n) is 5.18. The quantitative estimate of drug-likeness (QED) is 0.442. The van der Waals surface area contributed by atoms with Crippen LogP contribution in [0.1, 0.15) is 42.1 Å². The zero-order valence-electron chi connectivity index (χ0n) is 15.8. The number of nitrogens with zero attached hydrogens (tertiary/aromatic N) is 1. The van der Waals surface area contributed by atoms with E-state index in [0.29, 0.717) is 28.3 Å². The van der Waals surface area contributed by atoms with E-state index in [-0.39, 0.29) is 5.56 Å². The van der Waals surface area contributed by atoms with Crippen LogP contribution in [-0.2, 0) is 0 Å². The summed E-state index contributed by atoms with van der Waals surface area (Å²) in [6, 6.07) is 20.9. The Kier molecular flexibility index (Phi) is 4.70. The molecular weight excluding hydrogens is 350 g/mol. The molecule has 4 nitrogen and oxygen atoms in total. The number of benzene rings is 2. The van der Waals surface area contributed by atoms with Crippen LogP contribution in [-0.4, -0.2) is 16.1 Å². The van der Waals surface area contributed by atoms with E-state index in [2.05, 4.69) is 43.1 Å². The normalized spacial score (nSPS) is 12.2. The van der Waals surface area contributed by atoms with Crippen LogP contribution in [0.5, 0.6) is 0 Å². The highest BCUT2D eigenvalue weighted by Crippen LogP contribution is 2.31. The lowest BCUT2D eigenvalue weighted by atomic mass is 9.97. The molecule has 0 radical (unpaired) electrons. The molecule has 1 N–H and O–H groups in total.